The average molecular weight is 340 g/mol. The second-order valence-corrected chi connectivity index (χ2v) is 7.79. The van der Waals surface area contributed by atoms with Crippen LogP contribution in [0.2, 0.25) is 0 Å². The number of aliphatic hydroxyl groups is 1. The maximum atomic E-state index is 12.9. The molecule has 6 nitrogen and oxygen atoms in total. The van der Waals surface area contributed by atoms with Crippen molar-refractivity contribution in [3.63, 3.8) is 0 Å². The molecule has 0 spiro atoms. The van der Waals surface area contributed by atoms with Crippen LogP contribution in [-0.2, 0) is 21.4 Å². The Labute approximate surface area is 137 Å². The standard InChI is InChI=1S/C16H24N2O4S/c1-23(21,22)18-10-6-5-9-15(18)16(20)17(11-12-19)13-14-7-3-2-4-8-14/h2-4,7-8,15,19H,5-6,9-13H2,1H3. The molecule has 2 rings (SSSR count). The van der Waals surface area contributed by atoms with Crippen LogP contribution in [0.25, 0.3) is 0 Å². The first-order chi connectivity index (χ1) is 10.9. The largest absolute Gasteiger partial charge is 0.395 e. The minimum atomic E-state index is -3.42. The lowest BCUT2D eigenvalue weighted by Gasteiger charge is -2.36. The first-order valence-electron chi connectivity index (χ1n) is 7.84. The Hall–Kier alpha value is -1.44. The van der Waals surface area contributed by atoms with Crippen LogP contribution in [0.5, 0.6) is 0 Å². The molecule has 1 saturated heterocycles. The topological polar surface area (TPSA) is 77.9 Å². The van der Waals surface area contributed by atoms with Crippen LogP contribution in [-0.4, -0.2) is 60.6 Å². The van der Waals surface area contributed by atoms with Gasteiger partial charge in [-0.3, -0.25) is 4.79 Å². The molecular formula is C16H24N2O4S. The summed E-state index contributed by atoms with van der Waals surface area (Å²) in [6.07, 6.45) is 3.28. The highest BCUT2D eigenvalue weighted by Crippen LogP contribution is 2.22. The first-order valence-corrected chi connectivity index (χ1v) is 9.68. The summed E-state index contributed by atoms with van der Waals surface area (Å²) in [5, 5.41) is 9.26. The molecule has 23 heavy (non-hydrogen) atoms. The molecule has 0 bridgehead atoms. The van der Waals surface area contributed by atoms with Gasteiger partial charge in [-0.05, 0) is 18.4 Å². The minimum absolute atomic E-state index is 0.149. The molecule has 1 atom stereocenters. The lowest BCUT2D eigenvalue weighted by molar-refractivity contribution is -0.137. The molecule has 0 radical (unpaired) electrons. The van der Waals surface area contributed by atoms with Crippen molar-refractivity contribution in [3.8, 4) is 0 Å². The number of aliphatic hydroxyl groups excluding tert-OH is 1. The molecular weight excluding hydrogens is 316 g/mol. The van der Waals surface area contributed by atoms with E-state index in [2.05, 4.69) is 0 Å². The van der Waals surface area contributed by atoms with Crippen LogP contribution in [0.1, 0.15) is 24.8 Å². The second kappa shape index (κ2) is 7.90. The monoisotopic (exact) mass is 340 g/mol. The SMILES string of the molecule is CS(=O)(=O)N1CCCCC1C(=O)N(CCO)Cc1ccccc1. The van der Waals surface area contributed by atoms with Gasteiger partial charge in [0.25, 0.3) is 0 Å². The summed E-state index contributed by atoms with van der Waals surface area (Å²) in [4.78, 5) is 14.4. The number of hydrogen-bond acceptors (Lipinski definition) is 4. The molecule has 0 aromatic heterocycles. The van der Waals surface area contributed by atoms with E-state index in [9.17, 15) is 18.3 Å². The Morgan fingerprint density at radius 3 is 2.61 bits per heavy atom. The van der Waals surface area contributed by atoms with E-state index in [1.807, 2.05) is 30.3 Å². The Morgan fingerprint density at radius 2 is 2.00 bits per heavy atom. The molecule has 7 heteroatoms. The lowest BCUT2D eigenvalue weighted by atomic mass is 10.0. The number of carbonyl (C=O) groups is 1. The zero-order valence-electron chi connectivity index (χ0n) is 13.4. The zero-order chi connectivity index (χ0) is 16.9. The van der Waals surface area contributed by atoms with Gasteiger partial charge in [0, 0.05) is 19.6 Å². The van der Waals surface area contributed by atoms with E-state index < -0.39 is 16.1 Å². The summed E-state index contributed by atoms with van der Waals surface area (Å²) >= 11 is 0. The van der Waals surface area contributed by atoms with Crippen molar-refractivity contribution in [2.45, 2.75) is 31.8 Å². The van der Waals surface area contributed by atoms with Gasteiger partial charge in [0.15, 0.2) is 0 Å². The van der Waals surface area contributed by atoms with Crippen molar-refractivity contribution in [2.24, 2.45) is 0 Å². The smallest absolute Gasteiger partial charge is 0.241 e. The van der Waals surface area contributed by atoms with Crippen molar-refractivity contribution in [2.75, 3.05) is 26.0 Å². The predicted molar refractivity (Wildman–Crippen MR) is 88.1 cm³/mol. The molecule has 1 amide bonds. The van der Waals surface area contributed by atoms with Gasteiger partial charge in [0.05, 0.1) is 12.9 Å². The summed E-state index contributed by atoms with van der Waals surface area (Å²) in [5.74, 6) is -0.229. The van der Waals surface area contributed by atoms with Crippen LogP contribution < -0.4 is 0 Å². The van der Waals surface area contributed by atoms with Crippen molar-refractivity contribution in [1.29, 1.82) is 0 Å². The first kappa shape index (κ1) is 17.9. The molecule has 1 aromatic carbocycles. The van der Waals surface area contributed by atoms with Crippen molar-refractivity contribution < 1.29 is 18.3 Å². The number of benzene rings is 1. The normalized spacial score (nSPS) is 19.5. The Bertz CT molecular complexity index is 618. The van der Waals surface area contributed by atoms with Crippen molar-refractivity contribution in [1.82, 2.24) is 9.21 Å². The van der Waals surface area contributed by atoms with Gasteiger partial charge in [-0.2, -0.15) is 4.31 Å². The minimum Gasteiger partial charge on any atom is -0.395 e. The van der Waals surface area contributed by atoms with Gasteiger partial charge < -0.3 is 10.0 Å². The van der Waals surface area contributed by atoms with Crippen LogP contribution in [0.15, 0.2) is 30.3 Å². The van der Waals surface area contributed by atoms with Crippen molar-refractivity contribution in [3.05, 3.63) is 35.9 Å². The summed E-state index contributed by atoms with van der Waals surface area (Å²) in [5.41, 5.74) is 0.955. The quantitative estimate of drug-likeness (QED) is 0.832. The van der Waals surface area contributed by atoms with Crippen LogP contribution in [0.3, 0.4) is 0 Å². The van der Waals surface area contributed by atoms with Gasteiger partial charge >= 0.3 is 0 Å². The summed E-state index contributed by atoms with van der Waals surface area (Å²) in [7, 11) is -3.42. The van der Waals surface area contributed by atoms with Gasteiger partial charge in [0.2, 0.25) is 15.9 Å². The number of amides is 1. The zero-order valence-corrected chi connectivity index (χ0v) is 14.2. The maximum absolute atomic E-state index is 12.9. The molecule has 1 unspecified atom stereocenters. The molecule has 1 N–H and O–H groups in total. The second-order valence-electron chi connectivity index (χ2n) is 5.85. The molecule has 0 saturated carbocycles. The number of piperidine rings is 1. The Morgan fingerprint density at radius 1 is 1.30 bits per heavy atom. The summed E-state index contributed by atoms with van der Waals surface area (Å²) in [6, 6.07) is 8.84. The fourth-order valence-corrected chi connectivity index (χ4v) is 4.07. The number of carbonyl (C=O) groups excluding carboxylic acids is 1. The van der Waals surface area contributed by atoms with Crippen LogP contribution in [0.4, 0.5) is 0 Å². The van der Waals surface area contributed by atoms with E-state index in [1.165, 1.54) is 4.31 Å². The van der Waals surface area contributed by atoms with E-state index in [0.29, 0.717) is 19.5 Å². The molecule has 1 heterocycles. The fourth-order valence-electron chi connectivity index (χ4n) is 2.95. The number of nitrogens with zero attached hydrogens (tertiary/aromatic N) is 2. The summed E-state index contributed by atoms with van der Waals surface area (Å²) < 4.78 is 25.2. The highest BCUT2D eigenvalue weighted by Gasteiger charge is 2.36. The Balaban J connectivity index is 2.18. The highest BCUT2D eigenvalue weighted by atomic mass is 32.2. The number of hydrogen-bond donors (Lipinski definition) is 1. The fraction of sp³-hybridized carbons (Fsp3) is 0.562. The third kappa shape index (κ3) is 4.76. The number of rotatable bonds is 6. The van der Waals surface area contributed by atoms with E-state index >= 15 is 0 Å². The average Bonchev–Trinajstić information content (AvgIpc) is 2.54. The lowest BCUT2D eigenvalue weighted by Crippen LogP contribution is -2.53. The molecule has 128 valence electrons. The number of sulfonamides is 1. The maximum Gasteiger partial charge on any atom is 0.241 e. The molecule has 1 aliphatic rings. The predicted octanol–water partition coefficient (Wildman–Crippen LogP) is 0.822. The molecule has 1 aliphatic heterocycles. The van der Waals surface area contributed by atoms with E-state index in [-0.39, 0.29) is 19.1 Å². The van der Waals surface area contributed by atoms with E-state index in [4.69, 9.17) is 0 Å². The van der Waals surface area contributed by atoms with E-state index in [1.54, 1.807) is 4.90 Å². The highest BCUT2D eigenvalue weighted by molar-refractivity contribution is 7.88. The third-order valence-corrected chi connectivity index (χ3v) is 5.35. The van der Waals surface area contributed by atoms with Crippen LogP contribution >= 0.6 is 0 Å². The van der Waals surface area contributed by atoms with E-state index in [0.717, 1.165) is 24.7 Å². The van der Waals surface area contributed by atoms with Crippen LogP contribution in [0, 0.1) is 0 Å². The molecule has 0 aliphatic carbocycles. The van der Waals surface area contributed by atoms with Gasteiger partial charge in [-0.25, -0.2) is 8.42 Å². The molecule has 1 fully saturated rings. The van der Waals surface area contributed by atoms with Gasteiger partial charge in [-0.15, -0.1) is 0 Å². The Kier molecular flexibility index (Phi) is 6.15. The van der Waals surface area contributed by atoms with Gasteiger partial charge in [0.1, 0.15) is 6.04 Å². The molecule has 1 aromatic rings. The summed E-state index contributed by atoms with van der Waals surface area (Å²) in [6.45, 7) is 0.799. The third-order valence-electron chi connectivity index (χ3n) is 4.06. The van der Waals surface area contributed by atoms with Crippen molar-refractivity contribution >= 4 is 15.9 Å². The van der Waals surface area contributed by atoms with Gasteiger partial charge in [-0.1, -0.05) is 36.8 Å².